The average Bonchev–Trinajstić information content (AvgIpc) is 2.22. The van der Waals surface area contributed by atoms with Gasteiger partial charge < -0.3 is 10.6 Å². The van der Waals surface area contributed by atoms with E-state index in [0.717, 1.165) is 31.1 Å². The van der Waals surface area contributed by atoms with Gasteiger partial charge in [0.05, 0.1) is 0 Å². The molecule has 2 N–H and O–H groups in total. The summed E-state index contributed by atoms with van der Waals surface area (Å²) in [5.41, 5.74) is 6.75. The molecule has 0 atom stereocenters. The molecular formula is C12H19ClN2. The van der Waals surface area contributed by atoms with Crippen LogP contribution in [0.25, 0.3) is 0 Å². The predicted molar refractivity (Wildman–Crippen MR) is 66.1 cm³/mol. The van der Waals surface area contributed by atoms with Gasteiger partial charge in [-0.2, -0.15) is 0 Å². The van der Waals surface area contributed by atoms with Gasteiger partial charge in [-0.05, 0) is 50.7 Å². The lowest BCUT2D eigenvalue weighted by atomic mass is 10.2. The molecule has 0 aromatic heterocycles. The van der Waals surface area contributed by atoms with Crippen LogP contribution in [0, 0.1) is 0 Å². The molecule has 0 bridgehead atoms. The van der Waals surface area contributed by atoms with E-state index in [-0.39, 0.29) is 0 Å². The molecule has 0 heterocycles. The molecule has 0 amide bonds. The molecule has 1 aromatic rings. The predicted octanol–water partition coefficient (Wildman–Crippen LogP) is 2.51. The molecule has 0 saturated carbocycles. The van der Waals surface area contributed by atoms with Crippen molar-refractivity contribution in [1.29, 1.82) is 0 Å². The number of nitrogens with two attached hydrogens (primary N) is 1. The number of unbranched alkanes of at least 4 members (excludes halogenated alkanes) is 1. The van der Waals surface area contributed by atoms with E-state index in [1.54, 1.807) is 0 Å². The first-order valence-electron chi connectivity index (χ1n) is 5.35. The fourth-order valence-electron chi connectivity index (χ4n) is 1.51. The van der Waals surface area contributed by atoms with Gasteiger partial charge in [-0.1, -0.05) is 23.7 Å². The van der Waals surface area contributed by atoms with Crippen molar-refractivity contribution in [1.82, 2.24) is 4.90 Å². The van der Waals surface area contributed by atoms with Gasteiger partial charge in [0, 0.05) is 11.6 Å². The Labute approximate surface area is 97.0 Å². The molecule has 0 spiro atoms. The van der Waals surface area contributed by atoms with Crippen LogP contribution in [0.15, 0.2) is 24.3 Å². The highest BCUT2D eigenvalue weighted by atomic mass is 35.5. The zero-order valence-corrected chi connectivity index (χ0v) is 10.0. The number of nitrogens with zero attached hydrogens (tertiary/aromatic N) is 1. The molecule has 1 rings (SSSR count). The molecule has 15 heavy (non-hydrogen) atoms. The van der Waals surface area contributed by atoms with Crippen molar-refractivity contribution < 1.29 is 0 Å². The van der Waals surface area contributed by atoms with Gasteiger partial charge in [0.25, 0.3) is 0 Å². The second kappa shape index (κ2) is 6.83. The Morgan fingerprint density at radius 3 is 2.47 bits per heavy atom. The summed E-state index contributed by atoms with van der Waals surface area (Å²) in [5.74, 6) is 0. The summed E-state index contributed by atoms with van der Waals surface area (Å²) in [6.45, 7) is 2.86. The fourth-order valence-corrected chi connectivity index (χ4v) is 1.63. The molecule has 84 valence electrons. The van der Waals surface area contributed by atoms with E-state index in [9.17, 15) is 0 Å². The van der Waals surface area contributed by atoms with Gasteiger partial charge in [0.2, 0.25) is 0 Å². The maximum atomic E-state index is 5.82. The molecular weight excluding hydrogens is 208 g/mol. The van der Waals surface area contributed by atoms with Crippen LogP contribution in [0.4, 0.5) is 0 Å². The van der Waals surface area contributed by atoms with Crippen LogP contribution in [0.3, 0.4) is 0 Å². The lowest BCUT2D eigenvalue weighted by molar-refractivity contribution is 0.319. The summed E-state index contributed by atoms with van der Waals surface area (Å²) in [5, 5.41) is 0.796. The van der Waals surface area contributed by atoms with Gasteiger partial charge in [-0.25, -0.2) is 0 Å². The van der Waals surface area contributed by atoms with Gasteiger partial charge in [0.15, 0.2) is 0 Å². The van der Waals surface area contributed by atoms with E-state index >= 15 is 0 Å². The number of hydrogen-bond donors (Lipinski definition) is 1. The highest BCUT2D eigenvalue weighted by Crippen LogP contribution is 2.11. The van der Waals surface area contributed by atoms with Crippen LogP contribution in [-0.2, 0) is 6.54 Å². The Bertz CT molecular complexity index is 271. The molecule has 0 aliphatic rings. The number of benzene rings is 1. The lowest BCUT2D eigenvalue weighted by Crippen LogP contribution is -2.19. The lowest BCUT2D eigenvalue weighted by Gasteiger charge is -2.16. The summed E-state index contributed by atoms with van der Waals surface area (Å²) in [6, 6.07) is 8.01. The molecule has 2 nitrogen and oxygen atoms in total. The smallest absolute Gasteiger partial charge is 0.0406 e. The summed E-state index contributed by atoms with van der Waals surface area (Å²) in [7, 11) is 2.13. The Morgan fingerprint density at radius 1 is 1.20 bits per heavy atom. The van der Waals surface area contributed by atoms with Crippen LogP contribution < -0.4 is 5.73 Å². The maximum Gasteiger partial charge on any atom is 0.0406 e. The normalized spacial score (nSPS) is 10.9. The molecule has 3 heteroatoms. The fraction of sp³-hybridized carbons (Fsp3) is 0.500. The minimum atomic E-state index is 0.786. The van der Waals surface area contributed by atoms with Gasteiger partial charge >= 0.3 is 0 Å². The maximum absolute atomic E-state index is 5.82. The van der Waals surface area contributed by atoms with Crippen molar-refractivity contribution in [3.8, 4) is 0 Å². The molecule has 0 aliphatic carbocycles. The van der Waals surface area contributed by atoms with Crippen LogP contribution in [0.2, 0.25) is 5.02 Å². The van der Waals surface area contributed by atoms with Crippen LogP contribution in [0.1, 0.15) is 18.4 Å². The van der Waals surface area contributed by atoms with Crippen LogP contribution in [-0.4, -0.2) is 25.0 Å². The zero-order chi connectivity index (χ0) is 11.1. The van der Waals surface area contributed by atoms with E-state index in [0.29, 0.717) is 0 Å². The largest absolute Gasteiger partial charge is 0.330 e. The van der Waals surface area contributed by atoms with Gasteiger partial charge in [-0.15, -0.1) is 0 Å². The highest BCUT2D eigenvalue weighted by molar-refractivity contribution is 6.30. The minimum Gasteiger partial charge on any atom is -0.330 e. The third-order valence-electron chi connectivity index (χ3n) is 2.36. The molecule has 1 aromatic carbocycles. The van der Waals surface area contributed by atoms with Crippen molar-refractivity contribution in [2.75, 3.05) is 20.1 Å². The van der Waals surface area contributed by atoms with E-state index in [2.05, 4.69) is 24.1 Å². The first-order chi connectivity index (χ1) is 7.22. The average molecular weight is 227 g/mol. The summed E-state index contributed by atoms with van der Waals surface area (Å²) in [4.78, 5) is 2.30. The second-order valence-corrected chi connectivity index (χ2v) is 4.30. The third-order valence-corrected chi connectivity index (χ3v) is 2.61. The molecule has 0 radical (unpaired) electrons. The number of hydrogen-bond acceptors (Lipinski definition) is 2. The Morgan fingerprint density at radius 2 is 1.87 bits per heavy atom. The van der Waals surface area contributed by atoms with Crippen molar-refractivity contribution in [2.24, 2.45) is 5.73 Å². The minimum absolute atomic E-state index is 0.786. The topological polar surface area (TPSA) is 29.3 Å². The Kier molecular flexibility index (Phi) is 5.69. The summed E-state index contributed by atoms with van der Waals surface area (Å²) < 4.78 is 0. The first-order valence-corrected chi connectivity index (χ1v) is 5.73. The summed E-state index contributed by atoms with van der Waals surface area (Å²) >= 11 is 5.82. The molecule has 0 saturated heterocycles. The summed E-state index contributed by atoms with van der Waals surface area (Å²) in [6.07, 6.45) is 2.27. The van der Waals surface area contributed by atoms with Crippen LogP contribution in [0.5, 0.6) is 0 Å². The van der Waals surface area contributed by atoms with Crippen LogP contribution >= 0.6 is 11.6 Å². The standard InChI is InChI=1S/C12H19ClN2/c1-15(9-3-2-8-14)10-11-4-6-12(13)7-5-11/h4-7H,2-3,8-10,14H2,1H3. The zero-order valence-electron chi connectivity index (χ0n) is 9.25. The number of halogens is 1. The molecule has 0 aliphatic heterocycles. The molecule has 0 fully saturated rings. The van der Waals surface area contributed by atoms with Crippen molar-refractivity contribution in [2.45, 2.75) is 19.4 Å². The third kappa shape index (κ3) is 5.17. The quantitative estimate of drug-likeness (QED) is 0.756. The van der Waals surface area contributed by atoms with E-state index in [4.69, 9.17) is 17.3 Å². The van der Waals surface area contributed by atoms with Gasteiger partial charge in [-0.3, -0.25) is 0 Å². The SMILES string of the molecule is CN(CCCCN)Cc1ccc(Cl)cc1. The number of rotatable bonds is 6. The van der Waals surface area contributed by atoms with Gasteiger partial charge in [0.1, 0.15) is 0 Å². The monoisotopic (exact) mass is 226 g/mol. The highest BCUT2D eigenvalue weighted by Gasteiger charge is 1.99. The second-order valence-electron chi connectivity index (χ2n) is 3.86. The Balaban J connectivity index is 2.31. The van der Waals surface area contributed by atoms with E-state index < -0.39 is 0 Å². The first kappa shape index (κ1) is 12.5. The Hall–Kier alpha value is -0.570. The molecule has 0 unspecified atom stereocenters. The van der Waals surface area contributed by atoms with Crippen molar-refractivity contribution in [3.05, 3.63) is 34.9 Å². The van der Waals surface area contributed by atoms with E-state index in [1.165, 1.54) is 12.0 Å². The van der Waals surface area contributed by atoms with E-state index in [1.807, 2.05) is 12.1 Å². The van der Waals surface area contributed by atoms with Crippen molar-refractivity contribution in [3.63, 3.8) is 0 Å². The van der Waals surface area contributed by atoms with Crippen molar-refractivity contribution >= 4 is 11.6 Å².